The molecule has 1 heterocycles. The lowest BCUT2D eigenvalue weighted by molar-refractivity contribution is -0.166. The number of nitrogens with one attached hydrogen (secondary N) is 1. The number of carbonyl (C=O) groups is 2. The Hall–Kier alpha value is -2.70. The van der Waals surface area contributed by atoms with Gasteiger partial charge in [-0.05, 0) is 55.2 Å². The predicted molar refractivity (Wildman–Crippen MR) is 139 cm³/mol. The summed E-state index contributed by atoms with van der Waals surface area (Å²) in [5.41, 5.74) is -0.635. The fraction of sp³-hybridized carbons (Fsp3) is 0.533. The highest BCUT2D eigenvalue weighted by Gasteiger charge is 2.68. The molecule has 0 aromatic heterocycles. The third-order valence-corrected chi connectivity index (χ3v) is 8.43. The van der Waals surface area contributed by atoms with Crippen LogP contribution in [0.25, 0.3) is 0 Å². The molecule has 4 rings (SSSR count). The van der Waals surface area contributed by atoms with Gasteiger partial charge in [-0.25, -0.2) is 0 Å². The second-order valence-corrected chi connectivity index (χ2v) is 11.3. The van der Waals surface area contributed by atoms with E-state index in [1.807, 2.05) is 49.4 Å². The topological polar surface area (TPSA) is 95.9 Å². The Kier molecular flexibility index (Phi) is 7.31. The highest BCUT2D eigenvalue weighted by Crippen LogP contribution is 2.58. The summed E-state index contributed by atoms with van der Waals surface area (Å²) in [6.07, 6.45) is 7.09. The fourth-order valence-corrected chi connectivity index (χ4v) is 6.90. The molecule has 1 aliphatic heterocycles. The maximum absolute atomic E-state index is 14.2. The summed E-state index contributed by atoms with van der Waals surface area (Å²) < 4.78 is 5.89. The van der Waals surface area contributed by atoms with Gasteiger partial charge in [0.1, 0.15) is 11.5 Å². The first-order valence-electron chi connectivity index (χ1n) is 12.9. The number of allylic oxidation sites excluding steroid dienone is 1. The molecule has 3 N–H and O–H groups in total. The maximum Gasteiger partial charge on any atom is 0.303 e. The van der Waals surface area contributed by atoms with Gasteiger partial charge in [-0.3, -0.25) is 9.59 Å². The van der Waals surface area contributed by atoms with Crippen molar-refractivity contribution < 1.29 is 24.5 Å². The summed E-state index contributed by atoms with van der Waals surface area (Å²) in [5, 5.41) is 25.8. The van der Waals surface area contributed by atoms with Crippen LogP contribution in [0.5, 0.6) is 0 Å². The van der Waals surface area contributed by atoms with Gasteiger partial charge in [0.2, 0.25) is 5.91 Å². The average molecular weight is 494 g/mol. The second kappa shape index (κ2) is 9.98. The van der Waals surface area contributed by atoms with Crippen molar-refractivity contribution in [1.82, 2.24) is 5.32 Å². The molecule has 194 valence electrons. The number of aliphatic hydroxyl groups excluding tert-OH is 1. The standard InChI is InChI=1S/C30H39NO5/c1-18-10-9-13-23-27(33)20(3)19(2)26-24(16-22-11-7-6-8-12-22)31-28(34)30(23,26)25(36-21(4)32)14-15-29(5,35)17-18/h6-9,11-15,18-19,23-27,33,35H,3,10,16-17H2,1-2,4-5H3,(H,31,34)/b13-9+,15-14-/t18-,19+,23+,24-,25-,26-,27+,29+,30?/m0/s1. The summed E-state index contributed by atoms with van der Waals surface area (Å²) >= 11 is 0. The number of benzene rings is 1. The van der Waals surface area contributed by atoms with Gasteiger partial charge in [-0.15, -0.1) is 0 Å². The lowest BCUT2D eigenvalue weighted by Gasteiger charge is -2.52. The van der Waals surface area contributed by atoms with E-state index in [2.05, 4.69) is 18.8 Å². The van der Waals surface area contributed by atoms with Crippen LogP contribution >= 0.6 is 0 Å². The molecule has 9 atom stereocenters. The SMILES string of the molecule is C=C1[C@@H](C)[C@H]2[C@H](Cc3ccccc3)NC(=O)C23[C@@H](OC(C)=O)/C=C\[C@@](C)(O)C[C@@H](C)C/C=C/[C@@H]3[C@@H]1O. The van der Waals surface area contributed by atoms with Crippen LogP contribution in [-0.2, 0) is 20.7 Å². The summed E-state index contributed by atoms with van der Waals surface area (Å²) in [7, 11) is 0. The van der Waals surface area contributed by atoms with Crippen molar-refractivity contribution >= 4 is 11.9 Å². The van der Waals surface area contributed by atoms with E-state index in [0.29, 0.717) is 24.8 Å². The molecule has 1 unspecified atom stereocenters. The molecular formula is C30H39NO5. The van der Waals surface area contributed by atoms with Crippen LogP contribution in [0.3, 0.4) is 0 Å². The zero-order valence-corrected chi connectivity index (χ0v) is 21.7. The molecule has 1 aromatic carbocycles. The average Bonchev–Trinajstić information content (AvgIpc) is 3.08. The van der Waals surface area contributed by atoms with Gasteiger partial charge in [-0.1, -0.05) is 69.0 Å². The smallest absolute Gasteiger partial charge is 0.303 e. The minimum Gasteiger partial charge on any atom is -0.457 e. The lowest BCUT2D eigenvalue weighted by Crippen LogP contribution is -2.60. The second-order valence-electron chi connectivity index (χ2n) is 11.3. The van der Waals surface area contributed by atoms with Crippen molar-refractivity contribution in [2.24, 2.45) is 29.1 Å². The summed E-state index contributed by atoms with van der Waals surface area (Å²) in [6, 6.07) is 9.73. The van der Waals surface area contributed by atoms with E-state index in [1.54, 1.807) is 19.1 Å². The van der Waals surface area contributed by atoms with Crippen molar-refractivity contribution in [3.8, 4) is 0 Å². The van der Waals surface area contributed by atoms with E-state index in [9.17, 15) is 19.8 Å². The predicted octanol–water partition coefficient (Wildman–Crippen LogP) is 3.74. The fourth-order valence-electron chi connectivity index (χ4n) is 6.90. The minimum atomic E-state index is -1.26. The number of carbonyl (C=O) groups excluding carboxylic acids is 2. The van der Waals surface area contributed by atoms with E-state index in [4.69, 9.17) is 4.74 Å². The Morgan fingerprint density at radius 3 is 2.58 bits per heavy atom. The summed E-state index contributed by atoms with van der Waals surface area (Å²) in [4.78, 5) is 26.5. The van der Waals surface area contributed by atoms with Gasteiger partial charge < -0.3 is 20.3 Å². The van der Waals surface area contributed by atoms with Crippen molar-refractivity contribution in [3.05, 3.63) is 72.4 Å². The van der Waals surface area contributed by atoms with Crippen LogP contribution in [0.4, 0.5) is 0 Å². The molecule has 1 saturated carbocycles. The van der Waals surface area contributed by atoms with Crippen LogP contribution < -0.4 is 5.32 Å². The number of esters is 1. The Labute approximate surface area is 214 Å². The van der Waals surface area contributed by atoms with E-state index < -0.39 is 35.1 Å². The first-order chi connectivity index (χ1) is 17.0. The molecular weight excluding hydrogens is 454 g/mol. The lowest BCUT2D eigenvalue weighted by atomic mass is 9.51. The number of aliphatic hydroxyl groups is 2. The van der Waals surface area contributed by atoms with E-state index in [1.165, 1.54) is 6.92 Å². The van der Waals surface area contributed by atoms with E-state index in [0.717, 1.165) is 5.56 Å². The number of hydrogen-bond acceptors (Lipinski definition) is 5. The third kappa shape index (κ3) is 4.69. The van der Waals surface area contributed by atoms with Crippen molar-refractivity contribution in [2.45, 2.75) is 70.8 Å². The Balaban J connectivity index is 1.92. The van der Waals surface area contributed by atoms with Gasteiger partial charge in [0.05, 0.1) is 11.7 Å². The molecule has 6 nitrogen and oxygen atoms in total. The molecule has 1 spiro atoms. The maximum atomic E-state index is 14.2. The number of rotatable bonds is 3. The van der Waals surface area contributed by atoms with Crippen molar-refractivity contribution in [2.75, 3.05) is 0 Å². The molecule has 6 heteroatoms. The van der Waals surface area contributed by atoms with Crippen molar-refractivity contribution in [3.63, 3.8) is 0 Å². The Morgan fingerprint density at radius 1 is 1.22 bits per heavy atom. The molecule has 2 fully saturated rings. The number of amides is 1. The van der Waals surface area contributed by atoms with E-state index >= 15 is 0 Å². The molecule has 2 aliphatic carbocycles. The van der Waals surface area contributed by atoms with E-state index in [-0.39, 0.29) is 29.7 Å². The summed E-state index contributed by atoms with van der Waals surface area (Å²) in [5.74, 6) is -1.75. The highest BCUT2D eigenvalue weighted by molar-refractivity contribution is 5.89. The molecule has 3 aliphatic rings. The summed E-state index contributed by atoms with van der Waals surface area (Å²) in [6.45, 7) is 11.3. The van der Waals surface area contributed by atoms with Crippen LogP contribution in [0.15, 0.2) is 66.8 Å². The monoisotopic (exact) mass is 493 g/mol. The van der Waals surface area contributed by atoms with Gasteiger partial charge >= 0.3 is 5.97 Å². The van der Waals surface area contributed by atoms with Gasteiger partial charge in [-0.2, -0.15) is 0 Å². The first-order valence-corrected chi connectivity index (χ1v) is 12.9. The highest BCUT2D eigenvalue weighted by atomic mass is 16.5. The molecule has 0 bridgehead atoms. The van der Waals surface area contributed by atoms with Gasteiger partial charge in [0.25, 0.3) is 0 Å². The van der Waals surface area contributed by atoms with Gasteiger partial charge in [0.15, 0.2) is 0 Å². The van der Waals surface area contributed by atoms with Crippen LogP contribution in [0, 0.1) is 29.1 Å². The number of hydrogen-bond donors (Lipinski definition) is 3. The molecule has 1 aromatic rings. The third-order valence-electron chi connectivity index (χ3n) is 8.43. The molecule has 1 amide bonds. The normalized spacial score (nSPS) is 42.3. The Bertz CT molecular complexity index is 1060. The van der Waals surface area contributed by atoms with Crippen LogP contribution in [0.1, 0.15) is 46.1 Å². The van der Waals surface area contributed by atoms with Crippen LogP contribution in [-0.4, -0.2) is 45.9 Å². The first kappa shape index (κ1) is 26.4. The van der Waals surface area contributed by atoms with Gasteiger partial charge in [0, 0.05) is 24.8 Å². The molecule has 0 radical (unpaired) electrons. The quantitative estimate of drug-likeness (QED) is 0.440. The Morgan fingerprint density at radius 2 is 1.92 bits per heavy atom. The number of ether oxygens (including phenoxy) is 1. The molecule has 36 heavy (non-hydrogen) atoms. The zero-order valence-electron chi connectivity index (χ0n) is 21.7. The minimum absolute atomic E-state index is 0.170. The molecule has 1 saturated heterocycles. The van der Waals surface area contributed by atoms with Crippen LogP contribution in [0.2, 0.25) is 0 Å². The largest absolute Gasteiger partial charge is 0.457 e. The zero-order chi connectivity index (χ0) is 26.3. The van der Waals surface area contributed by atoms with Crippen molar-refractivity contribution in [1.29, 1.82) is 0 Å².